The fourth-order valence-electron chi connectivity index (χ4n) is 3.49. The first-order valence-corrected chi connectivity index (χ1v) is 9.07. The highest BCUT2D eigenvalue weighted by molar-refractivity contribution is 5.95. The lowest BCUT2D eigenvalue weighted by molar-refractivity contribution is -0.150. The van der Waals surface area contributed by atoms with Crippen molar-refractivity contribution in [3.8, 4) is 0 Å². The Morgan fingerprint density at radius 3 is 2.54 bits per heavy atom. The van der Waals surface area contributed by atoms with Crippen molar-refractivity contribution in [2.24, 2.45) is 5.92 Å². The lowest BCUT2D eigenvalue weighted by atomic mass is 9.96. The zero-order chi connectivity index (χ0) is 17.4. The van der Waals surface area contributed by atoms with Crippen LogP contribution in [0.25, 0.3) is 0 Å². The van der Waals surface area contributed by atoms with Crippen LogP contribution >= 0.6 is 0 Å². The minimum atomic E-state index is -0.411. The standard InChI is InChI=1S/C17H29N3O4/c1-2-24-16(22)13-7-6-10-20(11-13)12-15(21)19-17(23)18-14-8-4-3-5-9-14/h13-14H,2-12H2,1H3,(H2,18,19,21,23)/t13-/m1/s1. The normalized spacial score (nSPS) is 22.6. The molecule has 1 heterocycles. The topological polar surface area (TPSA) is 87.7 Å². The van der Waals surface area contributed by atoms with Crippen LogP contribution in [0, 0.1) is 5.92 Å². The van der Waals surface area contributed by atoms with Crippen molar-refractivity contribution in [2.75, 3.05) is 26.2 Å². The molecule has 1 atom stereocenters. The van der Waals surface area contributed by atoms with Gasteiger partial charge in [0.2, 0.25) is 5.91 Å². The fraction of sp³-hybridized carbons (Fsp3) is 0.824. The van der Waals surface area contributed by atoms with Gasteiger partial charge in [-0.15, -0.1) is 0 Å². The van der Waals surface area contributed by atoms with E-state index in [1.165, 1.54) is 6.42 Å². The second kappa shape index (κ2) is 9.61. The molecule has 0 aromatic heterocycles. The number of piperidine rings is 1. The van der Waals surface area contributed by atoms with Gasteiger partial charge in [0, 0.05) is 12.6 Å². The average Bonchev–Trinajstić information content (AvgIpc) is 2.56. The molecule has 7 nitrogen and oxygen atoms in total. The SMILES string of the molecule is CCOC(=O)[C@@H]1CCCN(CC(=O)NC(=O)NC2CCCCC2)C1. The molecule has 0 radical (unpaired) electrons. The largest absolute Gasteiger partial charge is 0.466 e. The molecule has 2 fully saturated rings. The van der Waals surface area contributed by atoms with E-state index in [4.69, 9.17) is 4.74 Å². The number of urea groups is 1. The summed E-state index contributed by atoms with van der Waals surface area (Å²) in [5.74, 6) is -0.701. The molecule has 3 amide bonds. The molecule has 2 rings (SSSR count). The van der Waals surface area contributed by atoms with Gasteiger partial charge in [0.15, 0.2) is 0 Å². The zero-order valence-corrected chi connectivity index (χ0v) is 14.5. The van der Waals surface area contributed by atoms with Crippen molar-refractivity contribution < 1.29 is 19.1 Å². The van der Waals surface area contributed by atoms with Gasteiger partial charge in [0.25, 0.3) is 0 Å². The second-order valence-electron chi connectivity index (χ2n) is 6.68. The van der Waals surface area contributed by atoms with Crippen LogP contribution < -0.4 is 10.6 Å². The number of nitrogens with one attached hydrogen (secondary N) is 2. The first-order valence-electron chi connectivity index (χ1n) is 9.07. The molecule has 0 bridgehead atoms. The van der Waals surface area contributed by atoms with Gasteiger partial charge in [-0.3, -0.25) is 19.8 Å². The summed E-state index contributed by atoms with van der Waals surface area (Å²) in [7, 11) is 0. The van der Waals surface area contributed by atoms with Crippen molar-refractivity contribution in [2.45, 2.75) is 57.9 Å². The average molecular weight is 339 g/mol. The summed E-state index contributed by atoms with van der Waals surface area (Å²) in [6, 6.07) is -0.236. The predicted octanol–water partition coefficient (Wildman–Crippen LogP) is 1.42. The molecule has 1 saturated carbocycles. The Kier molecular flexibility index (Phi) is 7.49. The van der Waals surface area contributed by atoms with E-state index in [1.807, 2.05) is 4.90 Å². The number of carbonyl (C=O) groups excluding carboxylic acids is 3. The number of rotatable bonds is 5. The zero-order valence-electron chi connectivity index (χ0n) is 14.5. The molecule has 0 aromatic carbocycles. The number of hydrogen-bond donors (Lipinski definition) is 2. The summed E-state index contributed by atoms with van der Waals surface area (Å²) < 4.78 is 5.05. The quantitative estimate of drug-likeness (QED) is 0.740. The van der Waals surface area contributed by atoms with E-state index in [9.17, 15) is 14.4 Å². The van der Waals surface area contributed by atoms with Crippen LogP contribution in [0.2, 0.25) is 0 Å². The van der Waals surface area contributed by atoms with Crippen molar-refractivity contribution >= 4 is 17.9 Å². The second-order valence-corrected chi connectivity index (χ2v) is 6.68. The number of nitrogens with zero attached hydrogens (tertiary/aromatic N) is 1. The Hall–Kier alpha value is -1.63. The number of carbonyl (C=O) groups is 3. The summed E-state index contributed by atoms with van der Waals surface area (Å²) in [5.41, 5.74) is 0. The van der Waals surface area contributed by atoms with Gasteiger partial charge in [-0.2, -0.15) is 0 Å². The maximum absolute atomic E-state index is 12.0. The lowest BCUT2D eigenvalue weighted by Gasteiger charge is -2.30. The van der Waals surface area contributed by atoms with E-state index in [0.29, 0.717) is 13.2 Å². The van der Waals surface area contributed by atoms with E-state index in [0.717, 1.165) is 45.1 Å². The lowest BCUT2D eigenvalue weighted by Crippen LogP contribution is -2.49. The molecule has 0 spiro atoms. The Morgan fingerprint density at radius 1 is 1.08 bits per heavy atom. The summed E-state index contributed by atoms with van der Waals surface area (Å²) in [5, 5.41) is 5.26. The van der Waals surface area contributed by atoms with Crippen LogP contribution in [0.1, 0.15) is 51.9 Å². The predicted molar refractivity (Wildman–Crippen MR) is 89.3 cm³/mol. The van der Waals surface area contributed by atoms with Crippen molar-refractivity contribution in [1.29, 1.82) is 0 Å². The third kappa shape index (κ3) is 6.11. The molecular weight excluding hydrogens is 310 g/mol. The summed E-state index contributed by atoms with van der Waals surface area (Å²) in [6.07, 6.45) is 7.08. The number of ether oxygens (including phenoxy) is 1. The maximum Gasteiger partial charge on any atom is 0.321 e. The van der Waals surface area contributed by atoms with Crippen molar-refractivity contribution in [3.63, 3.8) is 0 Å². The number of imide groups is 1. The molecule has 0 aromatic rings. The third-order valence-corrected chi connectivity index (χ3v) is 4.69. The molecule has 7 heteroatoms. The van der Waals surface area contributed by atoms with Crippen LogP contribution in [-0.2, 0) is 14.3 Å². The van der Waals surface area contributed by atoms with Crippen LogP contribution in [0.15, 0.2) is 0 Å². The fourth-order valence-corrected chi connectivity index (χ4v) is 3.49. The molecule has 1 aliphatic heterocycles. The molecule has 2 N–H and O–H groups in total. The summed E-state index contributed by atoms with van der Waals surface area (Å²) in [4.78, 5) is 37.6. The third-order valence-electron chi connectivity index (χ3n) is 4.69. The first kappa shape index (κ1) is 18.7. The first-order chi connectivity index (χ1) is 11.6. The molecule has 136 valence electrons. The molecule has 0 unspecified atom stereocenters. The van der Waals surface area contributed by atoms with Gasteiger partial charge >= 0.3 is 12.0 Å². The Balaban J connectivity index is 1.70. The van der Waals surface area contributed by atoms with Crippen LogP contribution in [0.3, 0.4) is 0 Å². The monoisotopic (exact) mass is 339 g/mol. The van der Waals surface area contributed by atoms with Gasteiger partial charge in [-0.05, 0) is 39.2 Å². The van der Waals surface area contributed by atoms with Gasteiger partial charge in [-0.25, -0.2) is 4.79 Å². The minimum absolute atomic E-state index is 0.133. The Bertz CT molecular complexity index is 449. The Morgan fingerprint density at radius 2 is 1.83 bits per heavy atom. The number of esters is 1. The van der Waals surface area contributed by atoms with E-state index in [2.05, 4.69) is 10.6 Å². The number of likely N-dealkylation sites (tertiary alicyclic amines) is 1. The molecule has 1 saturated heterocycles. The molecule has 1 aliphatic carbocycles. The minimum Gasteiger partial charge on any atom is -0.466 e. The highest BCUT2D eigenvalue weighted by atomic mass is 16.5. The van der Waals surface area contributed by atoms with Crippen LogP contribution in [-0.4, -0.2) is 55.1 Å². The van der Waals surface area contributed by atoms with Gasteiger partial charge < -0.3 is 10.1 Å². The van der Waals surface area contributed by atoms with E-state index < -0.39 is 6.03 Å². The van der Waals surface area contributed by atoms with Crippen molar-refractivity contribution in [1.82, 2.24) is 15.5 Å². The van der Waals surface area contributed by atoms with Gasteiger partial charge in [0.1, 0.15) is 0 Å². The summed E-state index contributed by atoms with van der Waals surface area (Å²) in [6.45, 7) is 3.56. The number of amides is 3. The highest BCUT2D eigenvalue weighted by Crippen LogP contribution is 2.18. The van der Waals surface area contributed by atoms with Gasteiger partial charge in [-0.1, -0.05) is 19.3 Å². The molecule has 2 aliphatic rings. The van der Waals surface area contributed by atoms with Crippen molar-refractivity contribution in [3.05, 3.63) is 0 Å². The molecule has 24 heavy (non-hydrogen) atoms. The van der Waals surface area contributed by atoms with Crippen LogP contribution in [0.5, 0.6) is 0 Å². The van der Waals surface area contributed by atoms with E-state index in [1.54, 1.807) is 6.92 Å². The molecular formula is C17H29N3O4. The van der Waals surface area contributed by atoms with Gasteiger partial charge in [0.05, 0.1) is 19.1 Å². The highest BCUT2D eigenvalue weighted by Gasteiger charge is 2.28. The van der Waals surface area contributed by atoms with E-state index in [-0.39, 0.29) is 30.4 Å². The van der Waals surface area contributed by atoms with Crippen LogP contribution in [0.4, 0.5) is 4.79 Å². The number of hydrogen-bond acceptors (Lipinski definition) is 5. The summed E-state index contributed by atoms with van der Waals surface area (Å²) >= 11 is 0. The smallest absolute Gasteiger partial charge is 0.321 e. The van der Waals surface area contributed by atoms with E-state index >= 15 is 0 Å². The maximum atomic E-state index is 12.0. The Labute approximate surface area is 143 Å².